The Morgan fingerprint density at radius 3 is 2.20 bits per heavy atom. The average molecular weight is 437 g/mol. The Hall–Kier alpha value is -1.71. The quantitative estimate of drug-likeness (QED) is 0.211. The molecule has 0 spiro atoms. The van der Waals surface area contributed by atoms with Crippen LogP contribution in [0.5, 0.6) is 0 Å². The fourth-order valence-electron chi connectivity index (χ4n) is 4.17. The van der Waals surface area contributed by atoms with Crippen molar-refractivity contribution in [1.29, 1.82) is 0 Å². The lowest BCUT2D eigenvalue weighted by Crippen LogP contribution is -2.51. The van der Waals surface area contributed by atoms with Gasteiger partial charge in [-0.25, -0.2) is 0 Å². The summed E-state index contributed by atoms with van der Waals surface area (Å²) in [6.45, 7) is 11.1. The van der Waals surface area contributed by atoms with Gasteiger partial charge in [-0.3, -0.25) is 24.2 Å². The Balaban J connectivity index is 1.55. The van der Waals surface area contributed by atoms with Gasteiger partial charge in [0.25, 0.3) is 0 Å². The Morgan fingerprint density at radius 2 is 1.53 bits per heavy atom. The van der Waals surface area contributed by atoms with E-state index < -0.39 is 5.97 Å². The zero-order valence-electron chi connectivity index (χ0n) is 18.4. The smallest absolute Gasteiger partial charge is 0.303 e. The van der Waals surface area contributed by atoms with Gasteiger partial charge in [-0.1, -0.05) is 6.92 Å². The van der Waals surface area contributed by atoms with Crippen LogP contribution in [0.25, 0.3) is 0 Å². The van der Waals surface area contributed by atoms with Crippen molar-refractivity contribution >= 4 is 17.8 Å². The Bertz CT molecular complexity index is 552. The molecule has 0 aromatic heterocycles. The maximum absolute atomic E-state index is 12.3. The highest BCUT2D eigenvalue weighted by atomic mass is 16.5. The number of rotatable bonds is 13. The minimum atomic E-state index is -0.855. The number of likely N-dealkylation sites (tertiary alicyclic amines) is 1. The first-order chi connectivity index (χ1) is 14.5. The zero-order valence-corrected chi connectivity index (χ0v) is 18.4. The van der Waals surface area contributed by atoms with E-state index in [-0.39, 0.29) is 18.2 Å². The van der Waals surface area contributed by atoms with Crippen molar-refractivity contribution < 1.29 is 19.5 Å². The van der Waals surface area contributed by atoms with Crippen molar-refractivity contribution in [3.8, 4) is 0 Å². The molecule has 0 aromatic rings. The van der Waals surface area contributed by atoms with E-state index in [1.807, 2.05) is 0 Å². The Morgan fingerprint density at radius 1 is 0.900 bits per heavy atom. The van der Waals surface area contributed by atoms with Gasteiger partial charge in [0.1, 0.15) is 0 Å². The van der Waals surface area contributed by atoms with Gasteiger partial charge in [-0.05, 0) is 38.8 Å². The third kappa shape index (κ3) is 9.40. The number of nitrogens with zero attached hydrogens (tertiary/aromatic N) is 3. The van der Waals surface area contributed by atoms with Gasteiger partial charge in [0.15, 0.2) is 0 Å². The van der Waals surface area contributed by atoms with Crippen LogP contribution < -0.4 is 10.6 Å². The van der Waals surface area contributed by atoms with Crippen molar-refractivity contribution in [2.24, 2.45) is 0 Å². The monoisotopic (exact) mass is 437 g/mol. The lowest BCUT2D eigenvalue weighted by molar-refractivity contribution is -0.137. The largest absolute Gasteiger partial charge is 0.481 e. The van der Waals surface area contributed by atoms with Crippen molar-refractivity contribution in [3.63, 3.8) is 0 Å². The van der Waals surface area contributed by atoms with Crippen LogP contribution in [0.3, 0.4) is 0 Å². The van der Waals surface area contributed by atoms with Gasteiger partial charge < -0.3 is 20.6 Å². The van der Waals surface area contributed by atoms with Crippen LogP contribution in [0.4, 0.5) is 0 Å². The highest BCUT2D eigenvalue weighted by molar-refractivity contribution is 5.78. The molecular formula is C21H39N5O4. The van der Waals surface area contributed by atoms with Gasteiger partial charge in [0.05, 0.1) is 6.54 Å². The molecule has 0 aromatic carbocycles. The molecule has 2 aliphatic heterocycles. The summed E-state index contributed by atoms with van der Waals surface area (Å²) in [5, 5.41) is 14.2. The standard InChI is InChI=1S/C21H39N5O4/c1-2-24-12-14-25(15-13-24)16-18-6-5-11-26(18)17-20(28)23-9-3-7-19(27)22-10-4-8-21(29)30/h18H,2-17H2,1H3,(H,22,27)(H,23,28)(H,29,30)/i3+1,4+1,7+1,8+1,9+1,10+1,19+1,20+1,21+1,22+1,23+1,26+1. The van der Waals surface area contributed by atoms with E-state index in [0.29, 0.717) is 44.9 Å². The molecule has 0 bridgehead atoms. The summed E-state index contributed by atoms with van der Waals surface area (Å²) in [5.74, 6) is -0.928. The maximum atomic E-state index is 12.3. The molecule has 172 valence electrons. The third-order valence-electron chi connectivity index (χ3n) is 6.02. The van der Waals surface area contributed by atoms with Crippen LogP contribution in [0.2, 0.25) is 0 Å². The first-order valence-electron chi connectivity index (χ1n) is 11.4. The number of carboxylic acids is 1. The molecule has 9 nitrogen and oxygen atoms in total. The predicted octanol–water partition coefficient (Wildman–Crippen LogP) is -0.0343. The number of likely N-dealkylation sites (N-methyl/N-ethyl adjacent to an activating group) is 1. The van der Waals surface area contributed by atoms with Crippen LogP contribution in [-0.2, 0) is 14.4 Å². The van der Waals surface area contributed by atoms with Gasteiger partial charge in [0.2, 0.25) is 11.8 Å². The molecule has 0 aliphatic carbocycles. The van der Waals surface area contributed by atoms with E-state index in [4.69, 9.17) is 5.11 Å². The first kappa shape index (κ1) is 24.6. The van der Waals surface area contributed by atoms with Crippen LogP contribution in [0, 0.1) is 0 Å². The molecule has 9 heteroatoms. The molecule has 1 unspecified atom stereocenters. The van der Waals surface area contributed by atoms with E-state index >= 15 is 0 Å². The first-order valence-corrected chi connectivity index (χ1v) is 11.4. The van der Waals surface area contributed by atoms with E-state index in [9.17, 15) is 14.4 Å². The number of piperazine rings is 1. The number of carboxylic acid groups (broad SMARTS) is 1. The highest BCUT2D eigenvalue weighted by Crippen LogP contribution is 2.18. The Labute approximate surface area is 180 Å². The Kier molecular flexibility index (Phi) is 11.1. The topological polar surface area (TPSA) is 105 Å². The number of nitrogens with one attached hydrogen (secondary N) is 2. The number of amides is 2. The van der Waals surface area contributed by atoms with Gasteiger partial charge in [-0.2, -0.15) is 0 Å². The predicted molar refractivity (Wildman–Crippen MR) is 115 cm³/mol. The molecule has 2 saturated heterocycles. The third-order valence-corrected chi connectivity index (χ3v) is 6.02. The fourth-order valence-corrected chi connectivity index (χ4v) is 4.17. The summed E-state index contributed by atoms with van der Waals surface area (Å²) in [5.41, 5.74) is 0. The molecule has 2 aliphatic rings. The lowest BCUT2D eigenvalue weighted by atomic mass is 10.2. The summed E-state index contributed by atoms with van der Waals surface area (Å²) in [6, 6.07) is 0.459. The molecule has 0 saturated carbocycles. The molecule has 1 atom stereocenters. The van der Waals surface area contributed by atoms with E-state index in [1.54, 1.807) is 0 Å². The maximum Gasteiger partial charge on any atom is 0.303 e. The van der Waals surface area contributed by atoms with E-state index in [0.717, 1.165) is 58.7 Å². The second-order valence-corrected chi connectivity index (χ2v) is 8.30. The summed E-state index contributed by atoms with van der Waals surface area (Å²) >= 11 is 0. The van der Waals surface area contributed by atoms with Crippen molar-refractivity contribution in [2.75, 3.05) is 65.4 Å². The average Bonchev–Trinajstić information content (AvgIpc) is 3.15. The van der Waals surface area contributed by atoms with Crippen molar-refractivity contribution in [3.05, 3.63) is 0 Å². The van der Waals surface area contributed by atoms with Crippen molar-refractivity contribution in [2.45, 2.75) is 51.5 Å². The van der Waals surface area contributed by atoms with E-state index in [2.05, 4.69) is 32.3 Å². The molecule has 2 heterocycles. The van der Waals surface area contributed by atoms with Crippen LogP contribution in [0.15, 0.2) is 0 Å². The second kappa shape index (κ2) is 13.6. The number of aliphatic carboxylic acids is 1. The van der Waals surface area contributed by atoms with E-state index in [1.165, 1.54) is 0 Å². The minimum absolute atomic E-state index is 0.0274. The van der Waals surface area contributed by atoms with Crippen LogP contribution >= 0.6 is 0 Å². The van der Waals surface area contributed by atoms with Gasteiger partial charge >= 0.3 is 5.97 Å². The molecular weight excluding hydrogens is 398 g/mol. The molecule has 0 radical (unpaired) electrons. The van der Waals surface area contributed by atoms with Crippen LogP contribution in [-0.4, -0.2) is 109 Å². The minimum Gasteiger partial charge on any atom is -0.481 e. The lowest BCUT2D eigenvalue weighted by Gasteiger charge is -2.37. The second-order valence-electron chi connectivity index (χ2n) is 8.30. The fraction of sp³-hybridized carbons (Fsp3) is 0.857. The highest BCUT2D eigenvalue weighted by Gasteiger charge is 2.28. The molecule has 2 amide bonds. The van der Waals surface area contributed by atoms with Crippen molar-refractivity contribution in [1.82, 2.24) is 25.3 Å². The summed E-state index contributed by atoms with van der Waals surface area (Å²) in [6.07, 6.45) is 3.72. The van der Waals surface area contributed by atoms with Gasteiger partial charge in [0, 0.05) is 64.7 Å². The summed E-state index contributed by atoms with van der Waals surface area (Å²) in [7, 11) is 0. The zero-order chi connectivity index (χ0) is 21.8. The molecule has 30 heavy (non-hydrogen) atoms. The molecule has 2 rings (SSSR count). The summed E-state index contributed by atoms with van der Waals surface area (Å²) < 4.78 is 0. The number of carbonyl (C=O) groups is 3. The number of carbonyl (C=O) groups excluding carboxylic acids is 2. The summed E-state index contributed by atoms with van der Waals surface area (Å²) in [4.78, 5) is 41.7. The SMILES string of the molecule is CCN1CCN(CC2CCC[15N]2C[13C](=O)[15NH][13CH2][13CH2][13CH2][13C](=O)[15NH][13CH2][13CH2][13CH2][13C](=O)O)CC1. The van der Waals surface area contributed by atoms with Crippen LogP contribution in [0.1, 0.15) is 45.4 Å². The molecule has 3 N–H and O–H groups in total. The normalized spacial score (nSPS) is 20.9. The van der Waals surface area contributed by atoms with Gasteiger partial charge in [-0.15, -0.1) is 0 Å². The number of hydrogen-bond donors (Lipinski definition) is 3. The number of hydrogen-bond acceptors (Lipinski definition) is 6. The molecule has 2 fully saturated rings.